The van der Waals surface area contributed by atoms with E-state index < -0.39 is 7.12 Å². The summed E-state index contributed by atoms with van der Waals surface area (Å²) in [4.78, 5) is 0. The van der Waals surface area contributed by atoms with E-state index in [1.807, 2.05) is 0 Å². The zero-order chi connectivity index (χ0) is 9.30. The third-order valence-corrected chi connectivity index (χ3v) is 2.31. The monoisotopic (exact) mass is 250 g/mol. The topological polar surface area (TPSA) is 60.7 Å². The van der Waals surface area contributed by atoms with Crippen molar-refractivity contribution in [3.05, 3.63) is 21.6 Å². The first-order valence-electron chi connectivity index (χ1n) is 3.06. The average molecular weight is 251 g/mol. The van der Waals surface area contributed by atoms with Crippen molar-refractivity contribution in [2.45, 2.75) is 0 Å². The summed E-state index contributed by atoms with van der Waals surface area (Å²) in [5.41, 5.74) is 0.0809. The van der Waals surface area contributed by atoms with Crippen LogP contribution in [0.4, 0.5) is 0 Å². The van der Waals surface area contributed by atoms with E-state index in [0.29, 0.717) is 4.47 Å². The fourth-order valence-electron chi connectivity index (χ4n) is 0.752. The minimum Gasteiger partial charge on any atom is -0.507 e. The smallest absolute Gasteiger partial charge is 0.490 e. The molecule has 1 rings (SSSR count). The Kier molecular flexibility index (Phi) is 3.01. The first-order chi connectivity index (χ1) is 5.52. The van der Waals surface area contributed by atoms with Crippen molar-refractivity contribution in [2.75, 3.05) is 0 Å². The summed E-state index contributed by atoms with van der Waals surface area (Å²) in [6.07, 6.45) is 0. The molecular formula is C6H5BBrClO3. The van der Waals surface area contributed by atoms with Gasteiger partial charge < -0.3 is 15.2 Å². The van der Waals surface area contributed by atoms with Crippen molar-refractivity contribution in [1.29, 1.82) is 0 Å². The molecule has 12 heavy (non-hydrogen) atoms. The van der Waals surface area contributed by atoms with Gasteiger partial charge in [-0.2, -0.15) is 0 Å². The summed E-state index contributed by atoms with van der Waals surface area (Å²) in [6, 6.07) is 2.59. The molecule has 0 aliphatic rings. The van der Waals surface area contributed by atoms with E-state index >= 15 is 0 Å². The Morgan fingerprint density at radius 1 is 1.33 bits per heavy atom. The molecule has 0 bridgehead atoms. The van der Waals surface area contributed by atoms with Gasteiger partial charge in [0, 0.05) is 10.5 Å². The normalized spacial score (nSPS) is 10.0. The molecule has 0 radical (unpaired) electrons. The molecule has 0 aromatic heterocycles. The molecule has 0 heterocycles. The lowest BCUT2D eigenvalue weighted by molar-refractivity contribution is 0.424. The number of halogens is 2. The Labute approximate surface area is 82.9 Å². The maximum Gasteiger partial charge on any atom is 0.490 e. The second-order valence-electron chi connectivity index (χ2n) is 2.20. The van der Waals surface area contributed by atoms with Gasteiger partial charge in [-0.25, -0.2) is 0 Å². The second kappa shape index (κ2) is 3.66. The van der Waals surface area contributed by atoms with Gasteiger partial charge in [0.1, 0.15) is 5.75 Å². The fraction of sp³-hybridized carbons (Fsp3) is 0. The largest absolute Gasteiger partial charge is 0.507 e. The van der Waals surface area contributed by atoms with Crippen LogP contribution in [0, 0.1) is 0 Å². The maximum absolute atomic E-state index is 9.15. The Bertz CT molecular complexity index is 305. The van der Waals surface area contributed by atoms with Crippen molar-refractivity contribution < 1.29 is 15.2 Å². The van der Waals surface area contributed by atoms with Crippen LogP contribution >= 0.6 is 27.5 Å². The average Bonchev–Trinajstić information content (AvgIpc) is 1.96. The predicted octanol–water partition coefficient (Wildman–Crippen LogP) is 0.488. The van der Waals surface area contributed by atoms with Gasteiger partial charge >= 0.3 is 7.12 Å². The zero-order valence-corrected chi connectivity index (χ0v) is 8.17. The zero-order valence-electron chi connectivity index (χ0n) is 5.83. The summed E-state index contributed by atoms with van der Waals surface area (Å²) in [7, 11) is -1.67. The number of aromatic hydroxyl groups is 1. The van der Waals surface area contributed by atoms with E-state index in [1.54, 1.807) is 0 Å². The van der Waals surface area contributed by atoms with Crippen LogP contribution in [0.25, 0.3) is 0 Å². The highest BCUT2D eigenvalue weighted by Crippen LogP contribution is 2.25. The number of phenolic OH excluding ortho intramolecular Hbond substituents is 1. The van der Waals surface area contributed by atoms with Crippen LogP contribution in [0.5, 0.6) is 5.75 Å². The summed E-state index contributed by atoms with van der Waals surface area (Å²) in [6.45, 7) is 0. The molecule has 64 valence electrons. The van der Waals surface area contributed by atoms with Gasteiger partial charge in [-0.1, -0.05) is 11.6 Å². The van der Waals surface area contributed by atoms with Crippen LogP contribution in [-0.4, -0.2) is 22.3 Å². The number of phenols is 1. The van der Waals surface area contributed by atoms with Crippen LogP contribution in [0.2, 0.25) is 5.02 Å². The van der Waals surface area contributed by atoms with Crippen molar-refractivity contribution in [1.82, 2.24) is 0 Å². The summed E-state index contributed by atoms with van der Waals surface area (Å²) in [5.74, 6) is -0.0810. The molecule has 0 aliphatic heterocycles. The van der Waals surface area contributed by atoms with Gasteiger partial charge in [0.15, 0.2) is 0 Å². The predicted molar refractivity (Wildman–Crippen MR) is 50.6 cm³/mol. The molecule has 0 saturated heterocycles. The molecule has 6 heteroatoms. The van der Waals surface area contributed by atoms with E-state index in [1.165, 1.54) is 12.1 Å². The SMILES string of the molecule is OB(O)c1cc(O)c(Br)cc1Cl. The Balaban J connectivity index is 3.23. The molecule has 1 aromatic rings. The van der Waals surface area contributed by atoms with E-state index in [-0.39, 0.29) is 16.2 Å². The van der Waals surface area contributed by atoms with E-state index in [0.717, 1.165) is 0 Å². The summed E-state index contributed by atoms with van der Waals surface area (Å²) < 4.78 is 0.414. The van der Waals surface area contributed by atoms with Gasteiger partial charge in [0.2, 0.25) is 0 Å². The van der Waals surface area contributed by atoms with Crippen LogP contribution in [-0.2, 0) is 0 Å². The van der Waals surface area contributed by atoms with Gasteiger partial charge in [-0.05, 0) is 28.1 Å². The number of hydrogen-bond donors (Lipinski definition) is 3. The van der Waals surface area contributed by atoms with Crippen molar-refractivity contribution >= 4 is 40.1 Å². The third kappa shape index (κ3) is 1.92. The lowest BCUT2D eigenvalue weighted by atomic mass is 9.80. The molecule has 0 atom stereocenters. The Morgan fingerprint density at radius 3 is 2.42 bits per heavy atom. The van der Waals surface area contributed by atoms with Gasteiger partial charge in [-0.3, -0.25) is 0 Å². The molecule has 0 fully saturated rings. The lowest BCUT2D eigenvalue weighted by Crippen LogP contribution is -2.30. The lowest BCUT2D eigenvalue weighted by Gasteiger charge is -2.04. The summed E-state index contributed by atoms with van der Waals surface area (Å²) >= 11 is 8.67. The highest BCUT2D eigenvalue weighted by molar-refractivity contribution is 9.10. The van der Waals surface area contributed by atoms with Crippen LogP contribution in [0.1, 0.15) is 0 Å². The quantitative estimate of drug-likeness (QED) is 0.637. The number of rotatable bonds is 1. The molecule has 3 N–H and O–H groups in total. The highest BCUT2D eigenvalue weighted by atomic mass is 79.9. The van der Waals surface area contributed by atoms with Gasteiger partial charge in [0.25, 0.3) is 0 Å². The van der Waals surface area contributed by atoms with E-state index in [2.05, 4.69) is 15.9 Å². The van der Waals surface area contributed by atoms with Crippen molar-refractivity contribution in [2.24, 2.45) is 0 Å². The first kappa shape index (κ1) is 9.86. The molecule has 0 unspecified atom stereocenters. The maximum atomic E-state index is 9.15. The molecule has 0 aliphatic carbocycles. The standard InChI is InChI=1S/C6H5BBrClO3/c8-4-2-5(9)3(7(11)12)1-6(4)10/h1-2,10-12H. The van der Waals surface area contributed by atoms with E-state index in [9.17, 15) is 0 Å². The second-order valence-corrected chi connectivity index (χ2v) is 3.46. The summed E-state index contributed by atoms with van der Waals surface area (Å²) in [5, 5.41) is 26.9. The Morgan fingerprint density at radius 2 is 1.92 bits per heavy atom. The van der Waals surface area contributed by atoms with Crippen LogP contribution < -0.4 is 5.46 Å². The van der Waals surface area contributed by atoms with Crippen LogP contribution in [0.15, 0.2) is 16.6 Å². The van der Waals surface area contributed by atoms with Crippen LogP contribution in [0.3, 0.4) is 0 Å². The number of hydrogen-bond acceptors (Lipinski definition) is 3. The molecule has 1 aromatic carbocycles. The Hall–Kier alpha value is -0.225. The minimum atomic E-state index is -1.67. The van der Waals surface area contributed by atoms with Gasteiger partial charge in [-0.15, -0.1) is 0 Å². The molecule has 3 nitrogen and oxygen atoms in total. The highest BCUT2D eigenvalue weighted by Gasteiger charge is 2.17. The molecule has 0 saturated carbocycles. The van der Waals surface area contributed by atoms with E-state index in [4.69, 9.17) is 26.8 Å². The minimum absolute atomic E-state index is 0.0809. The fourth-order valence-corrected chi connectivity index (χ4v) is 1.49. The number of benzene rings is 1. The molecule has 0 spiro atoms. The first-order valence-corrected chi connectivity index (χ1v) is 4.23. The van der Waals surface area contributed by atoms with Crippen molar-refractivity contribution in [3.63, 3.8) is 0 Å². The van der Waals surface area contributed by atoms with Crippen molar-refractivity contribution in [3.8, 4) is 5.75 Å². The molecular weight excluding hydrogens is 246 g/mol. The molecule has 0 amide bonds. The third-order valence-electron chi connectivity index (χ3n) is 1.34. The van der Waals surface area contributed by atoms with Gasteiger partial charge in [0.05, 0.1) is 4.47 Å².